The van der Waals surface area contributed by atoms with E-state index in [-0.39, 0.29) is 0 Å². The van der Waals surface area contributed by atoms with Crippen LogP contribution in [-0.2, 0) is 6.42 Å². The Hall–Kier alpha value is -0.870. The Morgan fingerprint density at radius 1 is 1.40 bits per heavy atom. The van der Waals surface area contributed by atoms with E-state index in [9.17, 15) is 0 Å². The van der Waals surface area contributed by atoms with Gasteiger partial charge in [0.15, 0.2) is 0 Å². The van der Waals surface area contributed by atoms with Gasteiger partial charge in [-0.15, -0.1) is 11.3 Å². The Morgan fingerprint density at radius 2 is 2.33 bits per heavy atom. The number of hydrogen-bond acceptors (Lipinski definition) is 3. The summed E-state index contributed by atoms with van der Waals surface area (Å²) >= 11 is 5.15. The molecule has 1 aromatic carbocycles. The van der Waals surface area contributed by atoms with Crippen LogP contribution in [0.25, 0.3) is 11.3 Å². The summed E-state index contributed by atoms with van der Waals surface area (Å²) in [5.74, 6) is 0.925. The van der Waals surface area contributed by atoms with Crippen molar-refractivity contribution in [1.82, 2.24) is 4.98 Å². The van der Waals surface area contributed by atoms with Gasteiger partial charge >= 0.3 is 0 Å². The number of aromatic nitrogens is 1. The SMILES string of the molecule is Brc1ccc2c(c1)OCCc1scnc1-2. The molecular weight excluding hydrogens is 274 g/mol. The second-order valence-corrected chi connectivity index (χ2v) is 5.22. The Balaban J connectivity index is 2.25. The maximum atomic E-state index is 5.71. The third-order valence-corrected chi connectivity index (χ3v) is 3.81. The number of hydrogen-bond donors (Lipinski definition) is 0. The van der Waals surface area contributed by atoms with Gasteiger partial charge in [0.25, 0.3) is 0 Å². The summed E-state index contributed by atoms with van der Waals surface area (Å²) in [6.45, 7) is 0.735. The standard InChI is InChI=1S/C11H8BrNOS/c12-7-1-2-8-9(5-7)14-4-3-10-11(8)13-6-15-10/h1-2,5-6H,3-4H2. The fraction of sp³-hybridized carbons (Fsp3) is 0.182. The van der Waals surface area contributed by atoms with Crippen LogP contribution in [0.1, 0.15) is 4.88 Å². The normalized spacial score (nSPS) is 13.7. The summed E-state index contributed by atoms with van der Waals surface area (Å²) in [6, 6.07) is 6.09. The second-order valence-electron chi connectivity index (χ2n) is 3.36. The third-order valence-electron chi connectivity index (χ3n) is 2.43. The number of nitrogens with zero attached hydrogens (tertiary/aromatic N) is 1. The lowest BCUT2D eigenvalue weighted by molar-refractivity contribution is 0.327. The van der Waals surface area contributed by atoms with E-state index in [0.29, 0.717) is 0 Å². The molecule has 0 aliphatic carbocycles. The van der Waals surface area contributed by atoms with Crippen molar-refractivity contribution in [3.8, 4) is 17.0 Å². The molecule has 0 bridgehead atoms. The molecule has 4 heteroatoms. The van der Waals surface area contributed by atoms with E-state index in [2.05, 4.69) is 27.0 Å². The quantitative estimate of drug-likeness (QED) is 0.737. The van der Waals surface area contributed by atoms with Crippen LogP contribution in [0, 0.1) is 0 Å². The van der Waals surface area contributed by atoms with Crippen molar-refractivity contribution in [2.24, 2.45) is 0 Å². The molecule has 0 atom stereocenters. The van der Waals surface area contributed by atoms with Crippen molar-refractivity contribution in [3.05, 3.63) is 33.1 Å². The Bertz CT molecular complexity index is 509. The zero-order valence-corrected chi connectivity index (χ0v) is 10.3. The molecule has 3 rings (SSSR count). The van der Waals surface area contributed by atoms with Crippen molar-refractivity contribution in [3.63, 3.8) is 0 Å². The highest BCUT2D eigenvalue weighted by molar-refractivity contribution is 9.10. The van der Waals surface area contributed by atoms with Crippen molar-refractivity contribution >= 4 is 27.3 Å². The van der Waals surface area contributed by atoms with Crippen LogP contribution >= 0.6 is 27.3 Å². The molecule has 0 saturated carbocycles. The van der Waals surface area contributed by atoms with Gasteiger partial charge < -0.3 is 4.74 Å². The minimum Gasteiger partial charge on any atom is -0.492 e. The van der Waals surface area contributed by atoms with Gasteiger partial charge in [-0.3, -0.25) is 0 Å². The maximum absolute atomic E-state index is 5.71. The topological polar surface area (TPSA) is 22.1 Å². The van der Waals surface area contributed by atoms with E-state index < -0.39 is 0 Å². The first-order valence-electron chi connectivity index (χ1n) is 4.70. The Kier molecular flexibility index (Phi) is 2.25. The predicted octanol–water partition coefficient (Wildman–Crippen LogP) is 3.51. The summed E-state index contributed by atoms with van der Waals surface area (Å²) in [7, 11) is 0. The van der Waals surface area contributed by atoms with Crippen LogP contribution < -0.4 is 4.74 Å². The van der Waals surface area contributed by atoms with Gasteiger partial charge in [0.2, 0.25) is 0 Å². The molecular formula is C11H8BrNOS. The molecule has 2 heterocycles. The van der Waals surface area contributed by atoms with E-state index >= 15 is 0 Å². The van der Waals surface area contributed by atoms with E-state index in [0.717, 1.165) is 34.5 Å². The molecule has 0 amide bonds. The minimum atomic E-state index is 0.735. The summed E-state index contributed by atoms with van der Waals surface area (Å²) < 4.78 is 6.75. The van der Waals surface area contributed by atoms with Gasteiger partial charge in [-0.2, -0.15) is 0 Å². The number of halogens is 1. The molecule has 0 radical (unpaired) electrons. The van der Waals surface area contributed by atoms with Crippen LogP contribution in [0.2, 0.25) is 0 Å². The molecule has 0 fully saturated rings. The molecule has 2 nitrogen and oxygen atoms in total. The van der Waals surface area contributed by atoms with Crippen LogP contribution in [0.5, 0.6) is 5.75 Å². The van der Waals surface area contributed by atoms with Gasteiger partial charge in [-0.1, -0.05) is 15.9 Å². The van der Waals surface area contributed by atoms with Gasteiger partial charge in [-0.25, -0.2) is 4.98 Å². The molecule has 1 aliphatic rings. The monoisotopic (exact) mass is 281 g/mol. The first-order valence-corrected chi connectivity index (χ1v) is 6.37. The van der Waals surface area contributed by atoms with Gasteiger partial charge in [0, 0.05) is 21.3 Å². The zero-order valence-electron chi connectivity index (χ0n) is 7.87. The van der Waals surface area contributed by atoms with Crippen LogP contribution in [0.4, 0.5) is 0 Å². The number of ether oxygens (including phenoxy) is 1. The lowest BCUT2D eigenvalue weighted by atomic mass is 10.1. The van der Waals surface area contributed by atoms with E-state index in [4.69, 9.17) is 4.74 Å². The van der Waals surface area contributed by atoms with Crippen molar-refractivity contribution in [2.45, 2.75) is 6.42 Å². The molecule has 1 aliphatic heterocycles. The van der Waals surface area contributed by atoms with E-state index in [1.54, 1.807) is 11.3 Å². The number of benzene rings is 1. The van der Waals surface area contributed by atoms with Crippen molar-refractivity contribution in [2.75, 3.05) is 6.61 Å². The molecule has 0 unspecified atom stereocenters. The highest BCUT2D eigenvalue weighted by Gasteiger charge is 2.17. The summed E-state index contributed by atoms with van der Waals surface area (Å²) in [4.78, 5) is 5.73. The summed E-state index contributed by atoms with van der Waals surface area (Å²) in [5.41, 5.74) is 4.09. The molecule has 0 N–H and O–H groups in total. The Labute approximate surface area is 100 Å². The fourth-order valence-corrected chi connectivity index (χ4v) is 2.83. The highest BCUT2D eigenvalue weighted by Crippen LogP contribution is 2.37. The predicted molar refractivity (Wildman–Crippen MR) is 64.4 cm³/mol. The Morgan fingerprint density at radius 3 is 3.27 bits per heavy atom. The molecule has 1 aromatic heterocycles. The smallest absolute Gasteiger partial charge is 0.129 e. The zero-order chi connectivity index (χ0) is 10.3. The number of thiazole rings is 1. The molecule has 2 aromatic rings. The van der Waals surface area contributed by atoms with Crippen molar-refractivity contribution < 1.29 is 4.74 Å². The first kappa shape index (κ1) is 9.36. The number of fused-ring (bicyclic) bond motifs is 3. The van der Waals surface area contributed by atoms with Gasteiger partial charge in [-0.05, 0) is 18.2 Å². The first-order chi connectivity index (χ1) is 7.34. The van der Waals surface area contributed by atoms with Gasteiger partial charge in [0.05, 0.1) is 17.8 Å². The lowest BCUT2D eigenvalue weighted by Gasteiger charge is -2.06. The third kappa shape index (κ3) is 1.58. The second kappa shape index (κ2) is 3.61. The lowest BCUT2D eigenvalue weighted by Crippen LogP contribution is -1.97. The number of rotatable bonds is 0. The summed E-state index contributed by atoms with van der Waals surface area (Å²) in [6.07, 6.45) is 0.951. The van der Waals surface area contributed by atoms with Gasteiger partial charge in [0.1, 0.15) is 5.75 Å². The maximum Gasteiger partial charge on any atom is 0.129 e. The molecule has 15 heavy (non-hydrogen) atoms. The highest BCUT2D eigenvalue weighted by atomic mass is 79.9. The van der Waals surface area contributed by atoms with E-state index in [1.165, 1.54) is 4.88 Å². The van der Waals surface area contributed by atoms with Crippen LogP contribution in [-0.4, -0.2) is 11.6 Å². The molecule has 0 saturated heterocycles. The summed E-state index contributed by atoms with van der Waals surface area (Å²) in [5, 5.41) is 0. The van der Waals surface area contributed by atoms with E-state index in [1.807, 2.05) is 17.6 Å². The molecule has 76 valence electrons. The average molecular weight is 282 g/mol. The average Bonchev–Trinajstić information content (AvgIpc) is 2.61. The molecule has 0 spiro atoms. The van der Waals surface area contributed by atoms with Crippen molar-refractivity contribution in [1.29, 1.82) is 0 Å². The fourth-order valence-electron chi connectivity index (χ4n) is 1.73. The largest absolute Gasteiger partial charge is 0.492 e. The van der Waals surface area contributed by atoms with Crippen LogP contribution in [0.3, 0.4) is 0 Å². The minimum absolute atomic E-state index is 0.735. The van der Waals surface area contributed by atoms with Crippen LogP contribution in [0.15, 0.2) is 28.2 Å².